The number of rotatable bonds is 6. The van der Waals surface area contributed by atoms with Gasteiger partial charge in [0, 0.05) is 26.1 Å². The summed E-state index contributed by atoms with van der Waals surface area (Å²) in [7, 11) is 0. The van der Waals surface area contributed by atoms with Crippen LogP contribution in [-0.2, 0) is 16.1 Å². The molecule has 10 heteroatoms. The van der Waals surface area contributed by atoms with E-state index in [0.717, 1.165) is 36.2 Å². The standard InChI is InChI=1S/C19H23F3N4O3/c1-2-25-14-7-4-3-6-13(14)24-17(25)15-8-5-11-26(15)16(27)9-10-23-18(28)29-12-19(20,21)22/h3-4,6-7,15H,2,5,8-12H2,1H3,(H,23,28)/t15-/m0/s1. The summed E-state index contributed by atoms with van der Waals surface area (Å²) in [6, 6.07) is 7.63. The van der Waals surface area contributed by atoms with Crippen LogP contribution in [0.2, 0.25) is 0 Å². The van der Waals surface area contributed by atoms with Gasteiger partial charge >= 0.3 is 12.3 Å². The second-order valence-corrected chi connectivity index (χ2v) is 6.82. The number of hydrogen-bond acceptors (Lipinski definition) is 4. The van der Waals surface area contributed by atoms with Gasteiger partial charge in [-0.15, -0.1) is 0 Å². The van der Waals surface area contributed by atoms with Gasteiger partial charge in [-0.2, -0.15) is 13.2 Å². The molecule has 1 fully saturated rings. The molecule has 29 heavy (non-hydrogen) atoms. The van der Waals surface area contributed by atoms with Gasteiger partial charge in [-0.3, -0.25) is 4.79 Å². The van der Waals surface area contributed by atoms with Crippen LogP contribution in [-0.4, -0.2) is 52.3 Å². The van der Waals surface area contributed by atoms with Crippen molar-refractivity contribution in [2.45, 2.75) is 44.9 Å². The van der Waals surface area contributed by atoms with Crippen LogP contribution in [0.15, 0.2) is 24.3 Å². The van der Waals surface area contributed by atoms with Gasteiger partial charge < -0.3 is 19.5 Å². The summed E-state index contributed by atoms with van der Waals surface area (Å²) in [5.74, 6) is 0.649. The van der Waals surface area contributed by atoms with E-state index >= 15 is 0 Å². The number of ether oxygens (including phenoxy) is 1. The number of nitrogens with zero attached hydrogens (tertiary/aromatic N) is 3. The van der Waals surface area contributed by atoms with Gasteiger partial charge in [0.1, 0.15) is 5.82 Å². The highest BCUT2D eigenvalue weighted by molar-refractivity contribution is 5.79. The van der Waals surface area contributed by atoms with Gasteiger partial charge in [-0.05, 0) is 31.9 Å². The Morgan fingerprint density at radius 1 is 1.31 bits per heavy atom. The predicted molar refractivity (Wildman–Crippen MR) is 99.1 cm³/mol. The molecule has 0 unspecified atom stereocenters. The zero-order valence-corrected chi connectivity index (χ0v) is 16.0. The third-order valence-electron chi connectivity index (χ3n) is 4.85. The first kappa shape index (κ1) is 20.9. The number of benzene rings is 1. The van der Waals surface area contributed by atoms with Crippen molar-refractivity contribution in [1.82, 2.24) is 19.8 Å². The lowest BCUT2D eigenvalue weighted by Crippen LogP contribution is -2.36. The molecule has 158 valence electrons. The van der Waals surface area contributed by atoms with E-state index in [0.29, 0.717) is 6.54 Å². The first-order chi connectivity index (χ1) is 13.8. The number of aryl methyl sites for hydroxylation is 1. The van der Waals surface area contributed by atoms with E-state index < -0.39 is 18.9 Å². The van der Waals surface area contributed by atoms with Gasteiger partial charge in [-0.1, -0.05) is 12.1 Å². The zero-order chi connectivity index (χ0) is 21.0. The number of para-hydroxylation sites is 2. The van der Waals surface area contributed by atoms with E-state index in [2.05, 4.69) is 14.6 Å². The van der Waals surface area contributed by atoms with Crippen LogP contribution in [0, 0.1) is 0 Å². The molecule has 0 aliphatic carbocycles. The fourth-order valence-electron chi connectivity index (χ4n) is 3.63. The van der Waals surface area contributed by atoms with Crippen molar-refractivity contribution in [2.24, 2.45) is 0 Å². The average Bonchev–Trinajstić information content (AvgIpc) is 3.29. The highest BCUT2D eigenvalue weighted by Crippen LogP contribution is 2.33. The molecular formula is C19H23F3N4O3. The van der Waals surface area contributed by atoms with Crippen molar-refractivity contribution in [3.63, 3.8) is 0 Å². The number of hydrogen-bond donors (Lipinski definition) is 1. The minimum absolute atomic E-state index is 0.0238. The third-order valence-corrected chi connectivity index (χ3v) is 4.85. The second kappa shape index (κ2) is 8.71. The molecule has 2 amide bonds. The van der Waals surface area contributed by atoms with Crippen molar-refractivity contribution in [3.05, 3.63) is 30.1 Å². The molecule has 7 nitrogen and oxygen atoms in total. The van der Waals surface area contributed by atoms with Crippen LogP contribution >= 0.6 is 0 Å². The Balaban J connectivity index is 1.61. The monoisotopic (exact) mass is 412 g/mol. The Morgan fingerprint density at radius 3 is 2.79 bits per heavy atom. The van der Waals surface area contributed by atoms with Crippen molar-refractivity contribution in [1.29, 1.82) is 0 Å². The number of fused-ring (bicyclic) bond motifs is 1. The molecule has 1 aromatic heterocycles. The topological polar surface area (TPSA) is 76.5 Å². The smallest absolute Gasteiger partial charge is 0.422 e. The first-order valence-electron chi connectivity index (χ1n) is 9.52. The van der Waals surface area contributed by atoms with E-state index in [1.165, 1.54) is 0 Å². The number of imidazole rings is 1. The van der Waals surface area contributed by atoms with Gasteiger partial charge in [0.05, 0.1) is 17.1 Å². The summed E-state index contributed by atoms with van der Waals surface area (Å²) < 4.78 is 42.3. The molecule has 1 saturated heterocycles. The van der Waals surface area contributed by atoms with Crippen molar-refractivity contribution >= 4 is 23.0 Å². The Hall–Kier alpha value is -2.78. The minimum atomic E-state index is -4.58. The Bertz CT molecular complexity index is 881. The number of halogens is 3. The molecule has 0 radical (unpaired) electrons. The Kier molecular flexibility index (Phi) is 6.29. The highest BCUT2D eigenvalue weighted by atomic mass is 19.4. The number of amides is 2. The van der Waals surface area contributed by atoms with E-state index in [9.17, 15) is 22.8 Å². The molecule has 1 N–H and O–H groups in total. The molecule has 3 rings (SSSR count). The molecule has 1 aromatic carbocycles. The van der Waals surface area contributed by atoms with Crippen LogP contribution in [0.1, 0.15) is 38.1 Å². The lowest BCUT2D eigenvalue weighted by atomic mass is 10.2. The average molecular weight is 412 g/mol. The van der Waals surface area contributed by atoms with Crippen molar-refractivity contribution in [3.8, 4) is 0 Å². The number of carbonyl (C=O) groups excluding carboxylic acids is 2. The fourth-order valence-corrected chi connectivity index (χ4v) is 3.63. The van der Waals surface area contributed by atoms with Gasteiger partial charge in [0.2, 0.25) is 5.91 Å². The van der Waals surface area contributed by atoms with Crippen LogP contribution in [0.3, 0.4) is 0 Å². The molecular weight excluding hydrogens is 389 g/mol. The molecule has 1 atom stereocenters. The largest absolute Gasteiger partial charge is 0.440 e. The summed E-state index contributed by atoms with van der Waals surface area (Å²) >= 11 is 0. The van der Waals surface area contributed by atoms with Crippen molar-refractivity contribution < 1.29 is 27.5 Å². The summed E-state index contributed by atoms with van der Waals surface area (Å²) in [4.78, 5) is 30.4. The maximum absolute atomic E-state index is 12.7. The number of likely N-dealkylation sites (tertiary alicyclic amines) is 1. The van der Waals surface area contributed by atoms with E-state index in [-0.39, 0.29) is 24.9 Å². The summed E-state index contributed by atoms with van der Waals surface area (Å²) in [6.07, 6.45) is -4.17. The van der Waals surface area contributed by atoms with Gasteiger partial charge in [-0.25, -0.2) is 9.78 Å². The lowest BCUT2D eigenvalue weighted by molar-refractivity contribution is -0.160. The number of alkyl carbamates (subject to hydrolysis) is 1. The lowest BCUT2D eigenvalue weighted by Gasteiger charge is -2.25. The van der Waals surface area contributed by atoms with Gasteiger partial charge in [0.25, 0.3) is 0 Å². The third kappa shape index (κ3) is 4.99. The quantitative estimate of drug-likeness (QED) is 0.789. The van der Waals surface area contributed by atoms with Crippen LogP contribution in [0.4, 0.5) is 18.0 Å². The number of carbonyl (C=O) groups is 2. The minimum Gasteiger partial charge on any atom is -0.440 e. The molecule has 0 bridgehead atoms. The van der Waals surface area contributed by atoms with Crippen molar-refractivity contribution in [2.75, 3.05) is 19.7 Å². The maximum atomic E-state index is 12.7. The number of alkyl halides is 3. The van der Waals surface area contributed by atoms with Crippen LogP contribution in [0.5, 0.6) is 0 Å². The second-order valence-electron chi connectivity index (χ2n) is 6.82. The highest BCUT2D eigenvalue weighted by Gasteiger charge is 2.33. The zero-order valence-electron chi connectivity index (χ0n) is 16.0. The van der Waals surface area contributed by atoms with Crippen LogP contribution in [0.25, 0.3) is 11.0 Å². The van der Waals surface area contributed by atoms with E-state index in [1.807, 2.05) is 31.2 Å². The first-order valence-corrected chi connectivity index (χ1v) is 9.52. The summed E-state index contributed by atoms with van der Waals surface area (Å²) in [6.45, 7) is 1.57. The number of nitrogens with one attached hydrogen (secondary N) is 1. The van der Waals surface area contributed by atoms with Gasteiger partial charge in [0.15, 0.2) is 6.61 Å². The van der Waals surface area contributed by atoms with Crippen LogP contribution < -0.4 is 5.32 Å². The molecule has 2 aromatic rings. The molecule has 2 heterocycles. The summed E-state index contributed by atoms with van der Waals surface area (Å²) in [5.41, 5.74) is 1.89. The molecule has 1 aliphatic rings. The predicted octanol–water partition coefficient (Wildman–Crippen LogP) is 3.40. The molecule has 0 spiro atoms. The van der Waals surface area contributed by atoms with E-state index in [1.54, 1.807) is 4.90 Å². The molecule has 1 aliphatic heterocycles. The Morgan fingerprint density at radius 2 is 2.07 bits per heavy atom. The van der Waals surface area contributed by atoms with E-state index in [4.69, 9.17) is 4.98 Å². The SMILES string of the molecule is CCn1c([C@@H]2CCCN2C(=O)CCNC(=O)OCC(F)(F)F)nc2ccccc21. The normalized spacial score (nSPS) is 17.0. The Labute approximate surface area is 165 Å². The molecule has 0 saturated carbocycles. The summed E-state index contributed by atoms with van der Waals surface area (Å²) in [5, 5.41) is 2.18. The maximum Gasteiger partial charge on any atom is 0.422 e. The number of aromatic nitrogens is 2. The fraction of sp³-hybridized carbons (Fsp3) is 0.526.